The molecule has 222 valence electrons. The Morgan fingerprint density at radius 1 is 0.977 bits per heavy atom. The van der Waals surface area contributed by atoms with Gasteiger partial charge in [0.1, 0.15) is 11.6 Å². The molecule has 0 saturated carbocycles. The molecule has 8 nitrogen and oxygen atoms in total. The van der Waals surface area contributed by atoms with Crippen molar-refractivity contribution in [2.75, 3.05) is 5.75 Å². The van der Waals surface area contributed by atoms with Crippen molar-refractivity contribution in [3.63, 3.8) is 0 Å². The van der Waals surface area contributed by atoms with Gasteiger partial charge in [-0.25, -0.2) is 13.8 Å². The van der Waals surface area contributed by atoms with Gasteiger partial charge in [0, 0.05) is 17.7 Å². The molecule has 6 rings (SSSR count). The molecular formula is C32H26F2N6O2S2. The zero-order valence-corrected chi connectivity index (χ0v) is 25.1. The lowest BCUT2D eigenvalue weighted by Gasteiger charge is -2.22. The lowest BCUT2D eigenvalue weighted by atomic mass is 10.0. The van der Waals surface area contributed by atoms with Crippen LogP contribution in [-0.4, -0.2) is 43.1 Å². The minimum atomic E-state index is -0.402. The number of carbonyl (C=O) groups is 2. The van der Waals surface area contributed by atoms with Crippen molar-refractivity contribution >= 4 is 40.6 Å². The topological polar surface area (TPSA) is 92.5 Å². The van der Waals surface area contributed by atoms with Crippen LogP contribution in [0.1, 0.15) is 44.6 Å². The molecule has 2 aromatic heterocycles. The predicted molar refractivity (Wildman–Crippen MR) is 166 cm³/mol. The van der Waals surface area contributed by atoms with Gasteiger partial charge < -0.3 is 5.32 Å². The summed E-state index contributed by atoms with van der Waals surface area (Å²) in [6, 6.07) is 22.6. The van der Waals surface area contributed by atoms with Crippen molar-refractivity contribution in [3.05, 3.63) is 129 Å². The van der Waals surface area contributed by atoms with E-state index in [-0.39, 0.29) is 36.0 Å². The Morgan fingerprint density at radius 2 is 1.73 bits per heavy atom. The minimum absolute atomic E-state index is 0.0199. The number of hydrogen-bond donors (Lipinski definition) is 1. The highest BCUT2D eigenvalue weighted by molar-refractivity contribution is 7.99. The first-order chi connectivity index (χ1) is 21.4. The van der Waals surface area contributed by atoms with E-state index in [0.717, 1.165) is 33.5 Å². The Balaban J connectivity index is 1.23. The Morgan fingerprint density at radius 3 is 2.43 bits per heavy atom. The smallest absolute Gasteiger partial charge is 0.253 e. The Kier molecular flexibility index (Phi) is 8.62. The zero-order valence-electron chi connectivity index (χ0n) is 23.5. The molecule has 0 radical (unpaired) electrons. The monoisotopic (exact) mass is 628 g/mol. The van der Waals surface area contributed by atoms with Crippen LogP contribution in [-0.2, 0) is 11.3 Å². The van der Waals surface area contributed by atoms with Crippen LogP contribution < -0.4 is 5.32 Å². The summed E-state index contributed by atoms with van der Waals surface area (Å²) in [5.41, 5.74) is 3.62. The second kappa shape index (κ2) is 12.9. The van der Waals surface area contributed by atoms with Crippen molar-refractivity contribution in [2.24, 2.45) is 5.10 Å². The first-order valence-corrected chi connectivity index (χ1v) is 15.6. The number of rotatable bonds is 9. The van der Waals surface area contributed by atoms with Crippen LogP contribution in [0.3, 0.4) is 0 Å². The van der Waals surface area contributed by atoms with Crippen LogP contribution in [0.2, 0.25) is 0 Å². The highest BCUT2D eigenvalue weighted by Crippen LogP contribution is 2.35. The van der Waals surface area contributed by atoms with Crippen LogP contribution in [0.15, 0.2) is 101 Å². The number of thioether (sulfide) groups is 1. The van der Waals surface area contributed by atoms with Gasteiger partial charge in [0.2, 0.25) is 0 Å². The summed E-state index contributed by atoms with van der Waals surface area (Å²) >= 11 is 2.70. The normalized spacial score (nSPS) is 14.5. The van der Waals surface area contributed by atoms with Crippen LogP contribution in [0, 0.1) is 18.6 Å². The number of hydrazone groups is 1. The molecule has 0 fully saturated rings. The number of thiophene rings is 1. The molecule has 0 saturated heterocycles. The summed E-state index contributed by atoms with van der Waals surface area (Å²) in [6.45, 7) is 1.96. The molecular weight excluding hydrogens is 603 g/mol. The molecule has 0 bridgehead atoms. The van der Waals surface area contributed by atoms with E-state index in [4.69, 9.17) is 0 Å². The second-order valence-corrected chi connectivity index (χ2v) is 12.0. The maximum absolute atomic E-state index is 13.8. The van der Waals surface area contributed by atoms with E-state index in [1.165, 1.54) is 29.3 Å². The van der Waals surface area contributed by atoms with Crippen LogP contribution >= 0.6 is 23.1 Å². The minimum Gasteiger partial charge on any atom is -0.345 e. The fourth-order valence-corrected chi connectivity index (χ4v) is 6.42. The number of halogens is 2. The highest BCUT2D eigenvalue weighted by atomic mass is 32.2. The van der Waals surface area contributed by atoms with E-state index in [9.17, 15) is 18.4 Å². The number of nitrogens with zero attached hydrogens (tertiary/aromatic N) is 5. The van der Waals surface area contributed by atoms with Crippen LogP contribution in [0.25, 0.3) is 5.69 Å². The van der Waals surface area contributed by atoms with Gasteiger partial charge in [-0.1, -0.05) is 47.7 Å². The summed E-state index contributed by atoms with van der Waals surface area (Å²) in [6.07, 6.45) is 0.499. The molecule has 3 heterocycles. The molecule has 1 atom stereocenters. The predicted octanol–water partition coefficient (Wildman–Crippen LogP) is 6.32. The summed E-state index contributed by atoms with van der Waals surface area (Å²) in [5, 5.41) is 19.9. The van der Waals surface area contributed by atoms with Gasteiger partial charge in [0.25, 0.3) is 11.8 Å². The fourth-order valence-electron chi connectivity index (χ4n) is 4.87. The van der Waals surface area contributed by atoms with Gasteiger partial charge in [-0.05, 0) is 72.5 Å². The molecule has 5 aromatic rings. The molecule has 0 aliphatic carbocycles. The Bertz CT molecular complexity index is 1820. The van der Waals surface area contributed by atoms with Crippen molar-refractivity contribution in [2.45, 2.75) is 31.1 Å². The number of amides is 2. The maximum atomic E-state index is 13.8. The Hall–Kier alpha value is -4.68. The van der Waals surface area contributed by atoms with Gasteiger partial charge in [-0.3, -0.25) is 14.2 Å². The van der Waals surface area contributed by atoms with Gasteiger partial charge in [0.05, 0.1) is 28.9 Å². The number of hydrogen-bond acceptors (Lipinski definition) is 7. The van der Waals surface area contributed by atoms with Crippen LogP contribution in [0.5, 0.6) is 0 Å². The highest BCUT2D eigenvalue weighted by Gasteiger charge is 2.33. The van der Waals surface area contributed by atoms with Crippen molar-refractivity contribution in [1.82, 2.24) is 25.1 Å². The summed E-state index contributed by atoms with van der Waals surface area (Å²) in [4.78, 5) is 27.4. The van der Waals surface area contributed by atoms with Crippen molar-refractivity contribution < 1.29 is 18.4 Å². The van der Waals surface area contributed by atoms with Gasteiger partial charge in [-0.2, -0.15) is 5.10 Å². The first-order valence-electron chi connectivity index (χ1n) is 13.7. The molecule has 0 unspecified atom stereocenters. The quantitative estimate of drug-likeness (QED) is 0.193. The molecule has 1 aliphatic rings. The average molecular weight is 629 g/mol. The van der Waals surface area contributed by atoms with E-state index in [1.54, 1.807) is 52.3 Å². The summed E-state index contributed by atoms with van der Waals surface area (Å²) in [5.74, 6) is -0.901. The average Bonchev–Trinajstić information content (AvgIpc) is 3.80. The third-order valence-electron chi connectivity index (χ3n) is 7.02. The third-order valence-corrected chi connectivity index (χ3v) is 8.86. The number of aromatic nitrogens is 3. The SMILES string of the molecule is Cc1cccc(C(=O)NCc2nnc(SCC(=O)N3N=C(c4cccs4)C[C@H]3c3ccc(F)cc3)n2-c2ccc(F)cc2)c1. The van der Waals surface area contributed by atoms with Crippen LogP contribution in [0.4, 0.5) is 8.78 Å². The van der Waals surface area contributed by atoms with E-state index in [2.05, 4.69) is 20.6 Å². The lowest BCUT2D eigenvalue weighted by Crippen LogP contribution is -2.28. The molecule has 3 aromatic carbocycles. The van der Waals surface area contributed by atoms with Crippen molar-refractivity contribution in [1.29, 1.82) is 0 Å². The second-order valence-electron chi connectivity index (χ2n) is 10.1. The summed E-state index contributed by atoms with van der Waals surface area (Å²) in [7, 11) is 0. The zero-order chi connectivity index (χ0) is 30.6. The maximum Gasteiger partial charge on any atom is 0.253 e. The number of aryl methyl sites for hydroxylation is 1. The molecule has 1 aliphatic heterocycles. The number of nitrogens with one attached hydrogen (secondary N) is 1. The molecule has 12 heteroatoms. The molecule has 1 N–H and O–H groups in total. The largest absolute Gasteiger partial charge is 0.345 e. The molecule has 0 spiro atoms. The van der Waals surface area contributed by atoms with E-state index < -0.39 is 5.82 Å². The molecule has 44 heavy (non-hydrogen) atoms. The summed E-state index contributed by atoms with van der Waals surface area (Å²) < 4.78 is 29.1. The number of benzene rings is 3. The third kappa shape index (κ3) is 6.46. The van der Waals surface area contributed by atoms with E-state index in [1.807, 2.05) is 36.6 Å². The Labute approximate surface area is 260 Å². The first kappa shape index (κ1) is 29.4. The van der Waals surface area contributed by atoms with E-state index >= 15 is 0 Å². The lowest BCUT2D eigenvalue weighted by molar-refractivity contribution is -0.130. The van der Waals surface area contributed by atoms with E-state index in [0.29, 0.717) is 28.7 Å². The van der Waals surface area contributed by atoms with Gasteiger partial charge in [-0.15, -0.1) is 21.5 Å². The van der Waals surface area contributed by atoms with Gasteiger partial charge >= 0.3 is 0 Å². The van der Waals surface area contributed by atoms with Crippen molar-refractivity contribution in [3.8, 4) is 5.69 Å². The standard InChI is InChI=1S/C32H26F2N6O2S2/c1-20-4-2-5-22(16-20)31(42)35-18-29-36-37-32(39(29)25-13-11-24(34)12-14-25)44-19-30(41)40-27(21-7-9-23(33)10-8-21)17-26(38-40)28-6-3-15-43-28/h2-16,27H,17-19H2,1H3,(H,35,42)/t27-/m0/s1. The molecule has 2 amide bonds. The number of carbonyl (C=O) groups excluding carboxylic acids is 2. The fraction of sp³-hybridized carbons (Fsp3) is 0.156. The van der Waals surface area contributed by atoms with Gasteiger partial charge in [0.15, 0.2) is 11.0 Å².